The minimum Gasteiger partial charge on any atom is -0.343 e. The Hall–Kier alpha value is -2.82. The number of carbonyl (C=O) groups excluding carboxylic acids is 6. The maximum absolute atomic E-state index is 13.4. The van der Waals surface area contributed by atoms with E-state index in [0.717, 1.165) is 32.1 Å². The number of rotatable bonds is 18. The highest BCUT2D eigenvalue weighted by Crippen LogP contribution is 2.28. The van der Waals surface area contributed by atoms with Crippen LogP contribution in [0, 0.1) is 5.92 Å². The molecule has 0 radical (unpaired) electrons. The molecule has 0 aromatic rings. The van der Waals surface area contributed by atoms with E-state index in [1.807, 2.05) is 6.92 Å². The zero-order valence-electron chi connectivity index (χ0n) is 32.4. The minimum absolute atomic E-state index is 0.0333. The molecular weight excluding hydrogens is 622 g/mol. The van der Waals surface area contributed by atoms with Gasteiger partial charge in [-0.2, -0.15) is 0 Å². The molecule has 4 amide bonds. The summed E-state index contributed by atoms with van der Waals surface area (Å²) in [6.07, 6.45) is 17.5. The molecule has 11 heteroatoms. The van der Waals surface area contributed by atoms with E-state index < -0.39 is 35.0 Å². The molecule has 2 atom stereocenters. The highest BCUT2D eigenvalue weighted by Gasteiger charge is 2.39. The van der Waals surface area contributed by atoms with Crippen LogP contribution in [0.2, 0.25) is 0 Å². The predicted molar refractivity (Wildman–Crippen MR) is 197 cm³/mol. The molecule has 0 bridgehead atoms. The van der Waals surface area contributed by atoms with Crippen molar-refractivity contribution >= 4 is 35.7 Å². The number of nitrogens with zero attached hydrogens (tertiary/aromatic N) is 1. The lowest BCUT2D eigenvalue weighted by Gasteiger charge is -2.33. The molecule has 49 heavy (non-hydrogen) atoms. The second-order valence-corrected chi connectivity index (χ2v) is 14.9. The van der Waals surface area contributed by atoms with Gasteiger partial charge in [-0.3, -0.25) is 24.0 Å². The summed E-state index contributed by atoms with van der Waals surface area (Å²) in [5.74, 6) is -0.777. The number of nitrogens with one attached hydrogen (secondary N) is 4. The fourth-order valence-electron chi connectivity index (χ4n) is 5.98. The number of hydrogen-bond donors (Lipinski definition) is 4. The minimum atomic E-state index is -1.29. The van der Waals surface area contributed by atoms with Gasteiger partial charge in [-0.15, -0.1) is 0 Å². The van der Waals surface area contributed by atoms with Crippen LogP contribution < -0.4 is 21.3 Å². The fourth-order valence-corrected chi connectivity index (χ4v) is 5.98. The maximum Gasteiger partial charge on any atom is 0.245 e. The largest absolute Gasteiger partial charge is 0.343 e. The topological polar surface area (TPSA) is 154 Å². The number of hydrogen-bond acceptors (Lipinski definition) is 7. The predicted octanol–water partition coefficient (Wildman–Crippen LogP) is 5.38. The summed E-state index contributed by atoms with van der Waals surface area (Å²) in [6, 6.07) is -1.37. The summed E-state index contributed by atoms with van der Waals surface area (Å²) in [4.78, 5) is 74.7. The fraction of sp³-hybridized carbons (Fsp3) is 0.842. The van der Waals surface area contributed by atoms with Crippen LogP contribution >= 0.6 is 0 Å². The van der Waals surface area contributed by atoms with E-state index in [0.29, 0.717) is 51.0 Å². The molecule has 2 unspecified atom stereocenters. The highest BCUT2D eigenvalue weighted by molar-refractivity contribution is 5.96. The molecule has 2 aliphatic rings. The third-order valence-electron chi connectivity index (χ3n) is 8.88. The van der Waals surface area contributed by atoms with Gasteiger partial charge in [0.2, 0.25) is 23.6 Å². The van der Waals surface area contributed by atoms with Crippen LogP contribution in [-0.4, -0.2) is 83.9 Å². The monoisotopic (exact) mass is 694 g/mol. The van der Waals surface area contributed by atoms with Crippen LogP contribution in [0.5, 0.6) is 0 Å². The van der Waals surface area contributed by atoms with Crippen molar-refractivity contribution in [3.8, 4) is 0 Å². The van der Waals surface area contributed by atoms with Crippen molar-refractivity contribution in [1.29, 1.82) is 0 Å². The molecule has 0 aromatic carbocycles. The lowest BCUT2D eigenvalue weighted by atomic mass is 9.84. The van der Waals surface area contributed by atoms with E-state index in [2.05, 4.69) is 35.1 Å². The summed E-state index contributed by atoms with van der Waals surface area (Å²) in [5, 5.41) is 11.1. The Kier molecular flexibility index (Phi) is 23.7. The van der Waals surface area contributed by atoms with Crippen LogP contribution in [0.4, 0.5) is 0 Å². The Labute approximate surface area is 297 Å². The van der Waals surface area contributed by atoms with E-state index >= 15 is 0 Å². The molecule has 1 saturated heterocycles. The number of aldehydes is 1. The number of Topliss-reactive ketones (excluding diaryl/α,β-unsaturated/α-hetero) is 1. The van der Waals surface area contributed by atoms with Crippen molar-refractivity contribution in [3.63, 3.8) is 0 Å². The van der Waals surface area contributed by atoms with Gasteiger partial charge in [-0.1, -0.05) is 91.4 Å². The Balaban J connectivity index is 0.00000137. The lowest BCUT2D eigenvalue weighted by Crippen LogP contribution is -2.62. The van der Waals surface area contributed by atoms with Gasteiger partial charge in [0.15, 0.2) is 0 Å². The third-order valence-corrected chi connectivity index (χ3v) is 8.88. The van der Waals surface area contributed by atoms with Crippen molar-refractivity contribution in [1.82, 2.24) is 26.2 Å². The first-order valence-electron chi connectivity index (χ1n) is 18.9. The maximum atomic E-state index is 13.4. The van der Waals surface area contributed by atoms with Crippen LogP contribution in [0.25, 0.3) is 0 Å². The average molecular weight is 694 g/mol. The molecular formula is C38H71N5O6. The van der Waals surface area contributed by atoms with Gasteiger partial charge in [-0.25, -0.2) is 0 Å². The molecule has 1 heterocycles. The van der Waals surface area contributed by atoms with E-state index in [-0.39, 0.29) is 17.6 Å². The second kappa shape index (κ2) is 25.2. The molecule has 1 aliphatic heterocycles. The molecule has 1 saturated carbocycles. The summed E-state index contributed by atoms with van der Waals surface area (Å²) < 4.78 is 0. The standard InChI is InChI=1S/C26H44N4O5.C8H18.C4H9NO/c1-6-11-21(32)30-15-10-14-20(30)23(34)27-19(16-18-12-8-7-9-13-18)22(33)28-26(4,5)24(35)29-25(2,3)17-31;1-3-5-7-8-6-4-2;1-4(6)3-5-2/h17-20H,6-16H2,1-5H3,(H,27,34)(H,28,33)(H,29,35);3-8H2,1-2H3;5H,3H2,1-2H3. The van der Waals surface area contributed by atoms with Crippen molar-refractivity contribution in [2.75, 3.05) is 20.1 Å². The van der Waals surface area contributed by atoms with Crippen molar-refractivity contribution in [2.45, 2.75) is 181 Å². The highest BCUT2D eigenvalue weighted by atomic mass is 16.2. The van der Waals surface area contributed by atoms with E-state index in [9.17, 15) is 28.8 Å². The Bertz CT molecular complexity index is 1000. The molecule has 0 aromatic heterocycles. The zero-order valence-corrected chi connectivity index (χ0v) is 32.4. The number of amides is 4. The Morgan fingerprint density at radius 3 is 1.88 bits per heavy atom. The number of likely N-dealkylation sites (N-methyl/N-ethyl adjacent to an activating group) is 1. The molecule has 4 N–H and O–H groups in total. The van der Waals surface area contributed by atoms with Crippen molar-refractivity contribution < 1.29 is 28.8 Å². The van der Waals surface area contributed by atoms with Gasteiger partial charge < -0.3 is 31.0 Å². The van der Waals surface area contributed by atoms with Crippen molar-refractivity contribution in [3.05, 3.63) is 0 Å². The quantitative estimate of drug-likeness (QED) is 0.111. The van der Waals surface area contributed by atoms with Crippen molar-refractivity contribution in [2.24, 2.45) is 5.92 Å². The smallest absolute Gasteiger partial charge is 0.245 e. The van der Waals surface area contributed by atoms with Crippen LogP contribution in [0.3, 0.4) is 0 Å². The number of unbranched alkanes of at least 4 members (excludes halogenated alkanes) is 5. The summed E-state index contributed by atoms with van der Waals surface area (Å²) >= 11 is 0. The summed E-state index contributed by atoms with van der Waals surface area (Å²) in [6.45, 7) is 15.3. The average Bonchev–Trinajstić information content (AvgIpc) is 3.54. The van der Waals surface area contributed by atoms with Gasteiger partial charge in [0.05, 0.1) is 12.1 Å². The molecule has 1 aliphatic carbocycles. The third kappa shape index (κ3) is 19.8. The molecule has 11 nitrogen and oxygen atoms in total. The molecule has 0 spiro atoms. The Morgan fingerprint density at radius 2 is 1.41 bits per heavy atom. The van der Waals surface area contributed by atoms with Gasteiger partial charge in [-0.05, 0) is 73.3 Å². The van der Waals surface area contributed by atoms with Gasteiger partial charge in [0.25, 0.3) is 0 Å². The van der Waals surface area contributed by atoms with E-state index in [1.165, 1.54) is 44.9 Å². The number of likely N-dealkylation sites (tertiary alicyclic amines) is 1. The first kappa shape index (κ1) is 46.2. The van der Waals surface area contributed by atoms with Gasteiger partial charge >= 0.3 is 0 Å². The number of carbonyl (C=O) groups is 6. The van der Waals surface area contributed by atoms with Gasteiger partial charge in [0.1, 0.15) is 29.7 Å². The van der Waals surface area contributed by atoms with Gasteiger partial charge in [0, 0.05) is 13.0 Å². The molecule has 2 rings (SSSR count). The summed E-state index contributed by atoms with van der Waals surface area (Å²) in [7, 11) is 1.75. The van der Waals surface area contributed by atoms with E-state index in [1.54, 1.807) is 46.6 Å². The molecule has 2 fully saturated rings. The Morgan fingerprint density at radius 1 is 0.816 bits per heavy atom. The summed E-state index contributed by atoms with van der Waals surface area (Å²) in [5.41, 5.74) is -2.35. The van der Waals surface area contributed by atoms with Crippen LogP contribution in [-0.2, 0) is 28.8 Å². The first-order chi connectivity index (χ1) is 23.1. The SMILES string of the molecule is CCCC(=O)N1CCCC1C(=O)NC(CC1CCCCC1)C(=O)NC(C)(C)C(=O)NC(C)(C)C=O.CCCCCCCC.CNCC(C)=O. The second-order valence-electron chi connectivity index (χ2n) is 14.9. The molecule has 284 valence electrons. The van der Waals surface area contributed by atoms with Crippen LogP contribution in [0.1, 0.15) is 158 Å². The zero-order chi connectivity index (χ0) is 37.5. The first-order valence-corrected chi connectivity index (χ1v) is 18.9. The van der Waals surface area contributed by atoms with E-state index in [4.69, 9.17) is 0 Å². The lowest BCUT2D eigenvalue weighted by molar-refractivity contribution is -0.140. The van der Waals surface area contributed by atoms with Crippen LogP contribution in [0.15, 0.2) is 0 Å². The normalized spacial score (nSPS) is 17.0. The number of ketones is 1.